The standard InChI is InChI=1S/C17H21F11/c1-9(2)7-6-8-11(5,10(9,3)4)12(18)13(19,20)15(23,24)17(27,28)16(25,26)14(12,21)22/h6-8H2,1-5H3. The molecule has 28 heavy (non-hydrogen) atoms. The fourth-order valence-electron chi connectivity index (χ4n) is 4.77. The maximum atomic E-state index is 15.8. The van der Waals surface area contributed by atoms with Gasteiger partial charge in [-0.25, -0.2) is 4.39 Å². The van der Waals surface area contributed by atoms with E-state index in [2.05, 4.69) is 0 Å². The van der Waals surface area contributed by atoms with Gasteiger partial charge in [0.2, 0.25) is 0 Å². The molecular formula is C17H21F11. The van der Waals surface area contributed by atoms with Crippen LogP contribution in [-0.2, 0) is 0 Å². The van der Waals surface area contributed by atoms with Crippen molar-refractivity contribution in [2.75, 3.05) is 0 Å². The summed E-state index contributed by atoms with van der Waals surface area (Å²) >= 11 is 0. The second-order valence-corrected chi connectivity index (χ2v) is 9.22. The lowest BCUT2D eigenvalue weighted by atomic mass is 9.41. The molecule has 0 aromatic heterocycles. The van der Waals surface area contributed by atoms with Crippen LogP contribution in [0.1, 0.15) is 53.9 Å². The molecule has 0 saturated heterocycles. The third kappa shape index (κ3) is 1.90. The normalized spacial score (nSPS) is 38.6. The van der Waals surface area contributed by atoms with Crippen molar-refractivity contribution >= 4 is 0 Å². The molecule has 0 heterocycles. The van der Waals surface area contributed by atoms with Crippen molar-refractivity contribution in [3.05, 3.63) is 0 Å². The van der Waals surface area contributed by atoms with Gasteiger partial charge < -0.3 is 0 Å². The summed E-state index contributed by atoms with van der Waals surface area (Å²) in [5.74, 6) is -34.9. The van der Waals surface area contributed by atoms with Gasteiger partial charge in [0.1, 0.15) is 0 Å². The molecule has 0 amide bonds. The van der Waals surface area contributed by atoms with Gasteiger partial charge in [0.05, 0.1) is 0 Å². The Morgan fingerprint density at radius 3 is 1.14 bits per heavy atom. The van der Waals surface area contributed by atoms with E-state index in [1.54, 1.807) is 0 Å². The lowest BCUT2D eigenvalue weighted by molar-refractivity contribution is -0.505. The Kier molecular flexibility index (Phi) is 4.43. The van der Waals surface area contributed by atoms with Gasteiger partial charge in [-0.1, -0.05) is 41.0 Å². The summed E-state index contributed by atoms with van der Waals surface area (Å²) in [4.78, 5) is 0. The van der Waals surface area contributed by atoms with Gasteiger partial charge in [-0.15, -0.1) is 0 Å². The molecule has 0 aromatic rings. The number of halogens is 11. The molecule has 2 aliphatic rings. The molecule has 0 radical (unpaired) electrons. The first-order valence-corrected chi connectivity index (χ1v) is 8.54. The second kappa shape index (κ2) is 5.28. The smallest absolute Gasteiger partial charge is 0.229 e. The largest absolute Gasteiger partial charge is 0.384 e. The van der Waals surface area contributed by atoms with E-state index in [4.69, 9.17) is 0 Å². The van der Waals surface area contributed by atoms with Gasteiger partial charge in [0.25, 0.3) is 5.67 Å². The molecule has 0 N–H and O–H groups in total. The van der Waals surface area contributed by atoms with E-state index < -0.39 is 57.9 Å². The van der Waals surface area contributed by atoms with Crippen molar-refractivity contribution in [1.82, 2.24) is 0 Å². The predicted octanol–water partition coefficient (Wildman–Crippen LogP) is 7.13. The average molecular weight is 434 g/mol. The Morgan fingerprint density at radius 2 is 0.786 bits per heavy atom. The van der Waals surface area contributed by atoms with Crippen molar-refractivity contribution in [2.45, 2.75) is 89.2 Å². The quantitative estimate of drug-likeness (QED) is 0.385. The van der Waals surface area contributed by atoms with Crippen molar-refractivity contribution < 1.29 is 48.3 Å². The third-order valence-corrected chi connectivity index (χ3v) is 7.75. The Balaban J connectivity index is 2.98. The number of hydrogen-bond donors (Lipinski definition) is 0. The predicted molar refractivity (Wildman–Crippen MR) is 78.1 cm³/mol. The first-order chi connectivity index (χ1) is 12.0. The SMILES string of the molecule is CC1(C)CCCC(C)(C2(F)C(F)(F)C(F)(F)C(F)(F)C(F)(F)C2(F)F)C1(C)C. The minimum atomic E-state index is -7.17. The molecule has 2 rings (SSSR count). The lowest BCUT2D eigenvalue weighted by Crippen LogP contribution is -2.88. The molecule has 2 fully saturated rings. The molecular weight excluding hydrogens is 413 g/mol. The van der Waals surface area contributed by atoms with E-state index in [0.717, 1.165) is 13.8 Å². The summed E-state index contributed by atoms with van der Waals surface area (Å²) in [6.45, 7) is 5.19. The highest BCUT2D eigenvalue weighted by atomic mass is 19.4. The number of rotatable bonds is 1. The number of alkyl halides is 11. The minimum absolute atomic E-state index is 0.172. The van der Waals surface area contributed by atoms with E-state index in [1.165, 1.54) is 13.8 Å². The molecule has 0 aliphatic heterocycles. The highest BCUT2D eigenvalue weighted by Crippen LogP contribution is 2.78. The van der Waals surface area contributed by atoms with Crippen molar-refractivity contribution in [3.63, 3.8) is 0 Å². The fraction of sp³-hybridized carbons (Fsp3) is 1.00. The molecule has 2 saturated carbocycles. The van der Waals surface area contributed by atoms with Gasteiger partial charge in [0.15, 0.2) is 0 Å². The minimum Gasteiger partial charge on any atom is -0.229 e. The zero-order valence-electron chi connectivity index (χ0n) is 15.8. The molecule has 1 atom stereocenters. The Labute approximate surface area is 154 Å². The maximum Gasteiger partial charge on any atom is 0.384 e. The van der Waals surface area contributed by atoms with Crippen LogP contribution in [0.4, 0.5) is 48.3 Å². The summed E-state index contributed by atoms with van der Waals surface area (Å²) in [6, 6.07) is 0. The zero-order valence-corrected chi connectivity index (χ0v) is 15.8. The van der Waals surface area contributed by atoms with Crippen LogP contribution in [0.15, 0.2) is 0 Å². The van der Waals surface area contributed by atoms with Crippen molar-refractivity contribution in [3.8, 4) is 0 Å². The summed E-state index contributed by atoms with van der Waals surface area (Å²) in [5.41, 5.74) is -12.4. The van der Waals surface area contributed by atoms with E-state index in [9.17, 15) is 43.9 Å². The topological polar surface area (TPSA) is 0 Å². The molecule has 166 valence electrons. The zero-order chi connectivity index (χ0) is 22.6. The van der Waals surface area contributed by atoms with Crippen LogP contribution in [0.25, 0.3) is 0 Å². The summed E-state index contributed by atoms with van der Waals surface area (Å²) in [5, 5.41) is 0. The molecule has 0 bridgehead atoms. The summed E-state index contributed by atoms with van der Waals surface area (Å²) in [6.07, 6.45) is -0.951. The first kappa shape index (κ1) is 23.5. The van der Waals surface area contributed by atoms with Gasteiger partial charge in [-0.05, 0) is 23.7 Å². The first-order valence-electron chi connectivity index (χ1n) is 8.54. The molecule has 0 nitrogen and oxygen atoms in total. The second-order valence-electron chi connectivity index (χ2n) is 9.22. The van der Waals surface area contributed by atoms with E-state index in [1.807, 2.05) is 0 Å². The Bertz CT molecular complexity index is 632. The van der Waals surface area contributed by atoms with Crippen LogP contribution in [0.3, 0.4) is 0 Å². The van der Waals surface area contributed by atoms with Gasteiger partial charge in [0, 0.05) is 5.41 Å². The third-order valence-electron chi connectivity index (χ3n) is 7.75. The fourth-order valence-corrected chi connectivity index (χ4v) is 4.77. The monoisotopic (exact) mass is 434 g/mol. The molecule has 0 aromatic carbocycles. The van der Waals surface area contributed by atoms with Crippen LogP contribution in [-0.4, -0.2) is 35.3 Å². The van der Waals surface area contributed by atoms with Crippen LogP contribution in [0.2, 0.25) is 0 Å². The van der Waals surface area contributed by atoms with Crippen LogP contribution in [0.5, 0.6) is 0 Å². The Hall–Kier alpha value is -0.770. The highest BCUT2D eigenvalue weighted by Gasteiger charge is 3.03. The van der Waals surface area contributed by atoms with Crippen molar-refractivity contribution in [1.29, 1.82) is 0 Å². The lowest BCUT2D eigenvalue weighted by Gasteiger charge is -2.66. The summed E-state index contributed by atoms with van der Waals surface area (Å²) in [7, 11) is 0. The highest BCUT2D eigenvalue weighted by molar-refractivity contribution is 5.32. The Morgan fingerprint density at radius 1 is 0.464 bits per heavy atom. The van der Waals surface area contributed by atoms with E-state index >= 15 is 4.39 Å². The van der Waals surface area contributed by atoms with Crippen molar-refractivity contribution in [2.24, 2.45) is 16.2 Å². The van der Waals surface area contributed by atoms with E-state index in [0.29, 0.717) is 6.92 Å². The van der Waals surface area contributed by atoms with Gasteiger partial charge in [-0.2, -0.15) is 43.9 Å². The molecule has 1 unspecified atom stereocenters. The van der Waals surface area contributed by atoms with Gasteiger partial charge in [-0.3, -0.25) is 0 Å². The van der Waals surface area contributed by atoms with Crippen LogP contribution in [0, 0.1) is 16.2 Å². The molecule has 2 aliphatic carbocycles. The molecule has 0 spiro atoms. The molecule has 11 heteroatoms. The van der Waals surface area contributed by atoms with E-state index in [-0.39, 0.29) is 12.8 Å². The van der Waals surface area contributed by atoms with Crippen LogP contribution >= 0.6 is 0 Å². The average Bonchev–Trinajstić information content (AvgIpc) is 2.49. The maximum absolute atomic E-state index is 15.8. The van der Waals surface area contributed by atoms with Crippen LogP contribution < -0.4 is 0 Å². The van der Waals surface area contributed by atoms with Gasteiger partial charge >= 0.3 is 29.6 Å². The number of hydrogen-bond acceptors (Lipinski definition) is 0. The summed E-state index contributed by atoms with van der Waals surface area (Å²) < 4.78 is 157.